The number of benzene rings is 1. The van der Waals surface area contributed by atoms with Crippen molar-refractivity contribution in [3.8, 4) is 0 Å². The summed E-state index contributed by atoms with van der Waals surface area (Å²) in [5.74, 6) is 0.586. The van der Waals surface area contributed by atoms with Crippen LogP contribution in [0.1, 0.15) is 26.2 Å². The Morgan fingerprint density at radius 2 is 2.32 bits per heavy atom. The summed E-state index contributed by atoms with van der Waals surface area (Å²) >= 11 is 0. The average Bonchev–Trinajstić information content (AvgIpc) is 2.81. The summed E-state index contributed by atoms with van der Waals surface area (Å²) in [6.45, 7) is 4.37. The Balaban J connectivity index is 2.14. The van der Waals surface area contributed by atoms with Gasteiger partial charge in [-0.3, -0.25) is 4.79 Å². The number of anilines is 1. The van der Waals surface area contributed by atoms with Gasteiger partial charge < -0.3 is 15.5 Å². The Hall–Kier alpha value is -1.88. The van der Waals surface area contributed by atoms with Crippen LogP contribution in [0.25, 0.3) is 11.1 Å². The van der Waals surface area contributed by atoms with Gasteiger partial charge in [0.15, 0.2) is 11.5 Å². The lowest BCUT2D eigenvalue weighted by molar-refractivity contribution is -0.119. The molecule has 1 amide bonds. The third kappa shape index (κ3) is 3.12. The van der Waals surface area contributed by atoms with Crippen LogP contribution in [-0.4, -0.2) is 17.4 Å². The number of nitrogens with zero attached hydrogens (tertiary/aromatic N) is 1. The van der Waals surface area contributed by atoms with Gasteiger partial charge in [-0.05, 0) is 31.2 Å². The van der Waals surface area contributed by atoms with Gasteiger partial charge in [-0.25, -0.2) is 4.98 Å². The molecule has 19 heavy (non-hydrogen) atoms. The number of carbonyl (C=O) groups excluding carboxylic acids is 1. The SMILES string of the molecule is CCc1nc2cc(NC(=O)C(C)CCN)ccc2o1. The van der Waals surface area contributed by atoms with Crippen LogP contribution in [0.2, 0.25) is 0 Å². The Morgan fingerprint density at radius 3 is 3.00 bits per heavy atom. The first kappa shape index (κ1) is 13.5. The van der Waals surface area contributed by atoms with Gasteiger partial charge in [0.25, 0.3) is 0 Å². The Morgan fingerprint density at radius 1 is 1.53 bits per heavy atom. The monoisotopic (exact) mass is 261 g/mol. The summed E-state index contributed by atoms with van der Waals surface area (Å²) in [7, 11) is 0. The number of carbonyl (C=O) groups is 1. The molecule has 0 spiro atoms. The van der Waals surface area contributed by atoms with E-state index < -0.39 is 0 Å². The second kappa shape index (κ2) is 5.84. The highest BCUT2D eigenvalue weighted by atomic mass is 16.3. The topological polar surface area (TPSA) is 81.2 Å². The summed E-state index contributed by atoms with van der Waals surface area (Å²) in [5.41, 5.74) is 7.69. The van der Waals surface area contributed by atoms with Gasteiger partial charge in [-0.15, -0.1) is 0 Å². The first-order valence-electron chi connectivity index (χ1n) is 6.54. The number of nitrogens with one attached hydrogen (secondary N) is 1. The van der Waals surface area contributed by atoms with E-state index >= 15 is 0 Å². The zero-order valence-electron chi connectivity index (χ0n) is 11.3. The van der Waals surface area contributed by atoms with E-state index in [-0.39, 0.29) is 11.8 Å². The summed E-state index contributed by atoms with van der Waals surface area (Å²) in [4.78, 5) is 16.2. The maximum absolute atomic E-state index is 11.9. The van der Waals surface area contributed by atoms with E-state index in [9.17, 15) is 4.79 Å². The van der Waals surface area contributed by atoms with Crippen molar-refractivity contribution in [1.82, 2.24) is 4.98 Å². The molecule has 0 bridgehead atoms. The zero-order chi connectivity index (χ0) is 13.8. The van der Waals surface area contributed by atoms with Crippen LogP contribution in [0.5, 0.6) is 0 Å². The van der Waals surface area contributed by atoms with E-state index in [1.54, 1.807) is 0 Å². The maximum Gasteiger partial charge on any atom is 0.227 e. The predicted octanol–water partition coefficient (Wildman–Crippen LogP) is 2.31. The quantitative estimate of drug-likeness (QED) is 0.865. The van der Waals surface area contributed by atoms with Gasteiger partial charge in [0.05, 0.1) is 0 Å². The Kier molecular flexibility index (Phi) is 4.16. The molecular weight excluding hydrogens is 242 g/mol. The fourth-order valence-electron chi connectivity index (χ4n) is 1.85. The molecule has 1 aromatic carbocycles. The molecule has 0 aliphatic heterocycles. The lowest BCUT2D eigenvalue weighted by Crippen LogP contribution is -2.22. The van der Waals surface area contributed by atoms with E-state index in [1.165, 1.54) is 0 Å². The minimum Gasteiger partial charge on any atom is -0.441 e. The summed E-state index contributed by atoms with van der Waals surface area (Å²) in [6.07, 6.45) is 1.43. The van der Waals surface area contributed by atoms with Crippen molar-refractivity contribution < 1.29 is 9.21 Å². The average molecular weight is 261 g/mol. The molecule has 0 fully saturated rings. The number of rotatable bonds is 5. The van der Waals surface area contributed by atoms with Gasteiger partial charge in [-0.2, -0.15) is 0 Å². The Bertz CT molecular complexity index is 577. The lowest BCUT2D eigenvalue weighted by atomic mass is 10.1. The van der Waals surface area contributed by atoms with Crippen molar-refractivity contribution >= 4 is 22.7 Å². The third-order valence-electron chi connectivity index (χ3n) is 3.05. The molecule has 1 unspecified atom stereocenters. The normalized spacial score (nSPS) is 12.6. The summed E-state index contributed by atoms with van der Waals surface area (Å²) in [5, 5.41) is 2.87. The molecule has 102 valence electrons. The van der Waals surface area contributed by atoms with Gasteiger partial charge in [-0.1, -0.05) is 13.8 Å². The first-order chi connectivity index (χ1) is 9.13. The molecule has 1 heterocycles. The molecule has 0 aliphatic rings. The number of hydrogen-bond donors (Lipinski definition) is 2. The molecular formula is C14H19N3O2. The fraction of sp³-hybridized carbons (Fsp3) is 0.429. The molecule has 3 N–H and O–H groups in total. The van der Waals surface area contributed by atoms with Crippen LogP contribution >= 0.6 is 0 Å². The van der Waals surface area contributed by atoms with Crippen LogP contribution in [-0.2, 0) is 11.2 Å². The minimum atomic E-state index is -0.0933. The third-order valence-corrected chi connectivity index (χ3v) is 3.05. The molecule has 0 radical (unpaired) electrons. The maximum atomic E-state index is 11.9. The molecule has 1 aromatic heterocycles. The van der Waals surface area contributed by atoms with Crippen molar-refractivity contribution in [2.45, 2.75) is 26.7 Å². The van der Waals surface area contributed by atoms with Crippen LogP contribution < -0.4 is 11.1 Å². The molecule has 5 heteroatoms. The standard InChI is InChI=1S/C14H19N3O2/c1-3-13-17-11-8-10(4-5-12(11)19-13)16-14(18)9(2)6-7-15/h4-5,8-9H,3,6-7,15H2,1-2H3,(H,16,18). The predicted molar refractivity (Wildman–Crippen MR) is 74.9 cm³/mol. The van der Waals surface area contributed by atoms with Crippen LogP contribution in [0.4, 0.5) is 5.69 Å². The van der Waals surface area contributed by atoms with Crippen molar-refractivity contribution in [3.05, 3.63) is 24.1 Å². The first-order valence-corrected chi connectivity index (χ1v) is 6.54. The second-order valence-corrected chi connectivity index (χ2v) is 4.61. The zero-order valence-corrected chi connectivity index (χ0v) is 11.3. The van der Waals surface area contributed by atoms with E-state index in [2.05, 4.69) is 10.3 Å². The van der Waals surface area contributed by atoms with Crippen LogP contribution in [0, 0.1) is 5.92 Å². The fourth-order valence-corrected chi connectivity index (χ4v) is 1.85. The molecule has 0 aliphatic carbocycles. The van der Waals surface area contributed by atoms with Crippen molar-refractivity contribution in [2.24, 2.45) is 11.7 Å². The molecule has 0 saturated heterocycles. The largest absolute Gasteiger partial charge is 0.441 e. The molecule has 0 saturated carbocycles. The molecule has 2 rings (SSSR count). The minimum absolute atomic E-state index is 0.0241. The molecule has 5 nitrogen and oxygen atoms in total. The van der Waals surface area contributed by atoms with Crippen LogP contribution in [0.15, 0.2) is 22.6 Å². The number of aromatic nitrogens is 1. The molecule has 1 atom stereocenters. The highest BCUT2D eigenvalue weighted by molar-refractivity contribution is 5.94. The van der Waals surface area contributed by atoms with Gasteiger partial charge >= 0.3 is 0 Å². The number of oxazole rings is 1. The number of hydrogen-bond acceptors (Lipinski definition) is 4. The summed E-state index contributed by atoms with van der Waals surface area (Å²) < 4.78 is 5.52. The van der Waals surface area contributed by atoms with Gasteiger partial charge in [0.1, 0.15) is 5.52 Å². The van der Waals surface area contributed by atoms with Crippen molar-refractivity contribution in [1.29, 1.82) is 0 Å². The lowest BCUT2D eigenvalue weighted by Gasteiger charge is -2.10. The van der Waals surface area contributed by atoms with Crippen molar-refractivity contribution in [3.63, 3.8) is 0 Å². The number of amides is 1. The van der Waals surface area contributed by atoms with Gasteiger partial charge in [0.2, 0.25) is 5.91 Å². The highest BCUT2D eigenvalue weighted by Crippen LogP contribution is 2.20. The number of nitrogens with two attached hydrogens (primary N) is 1. The number of fused-ring (bicyclic) bond motifs is 1. The molecule has 2 aromatic rings. The van der Waals surface area contributed by atoms with E-state index in [0.29, 0.717) is 18.9 Å². The van der Waals surface area contributed by atoms with Crippen molar-refractivity contribution in [2.75, 3.05) is 11.9 Å². The smallest absolute Gasteiger partial charge is 0.227 e. The highest BCUT2D eigenvalue weighted by Gasteiger charge is 2.13. The number of aryl methyl sites for hydroxylation is 1. The summed E-state index contributed by atoms with van der Waals surface area (Å²) in [6, 6.07) is 5.47. The van der Waals surface area contributed by atoms with Gasteiger partial charge in [0, 0.05) is 18.0 Å². The van der Waals surface area contributed by atoms with Crippen LogP contribution in [0.3, 0.4) is 0 Å². The second-order valence-electron chi connectivity index (χ2n) is 4.61. The Labute approximate surface area is 112 Å². The van der Waals surface area contributed by atoms with E-state index in [4.69, 9.17) is 10.2 Å². The van der Waals surface area contributed by atoms with E-state index in [0.717, 1.165) is 23.2 Å². The van der Waals surface area contributed by atoms with E-state index in [1.807, 2.05) is 32.0 Å².